The van der Waals surface area contributed by atoms with Gasteiger partial charge in [0, 0.05) is 33.2 Å². The fourth-order valence-electron chi connectivity index (χ4n) is 2.52. The van der Waals surface area contributed by atoms with Crippen molar-refractivity contribution in [2.45, 2.75) is 31.0 Å². The van der Waals surface area contributed by atoms with E-state index in [1.807, 2.05) is 4.90 Å². The summed E-state index contributed by atoms with van der Waals surface area (Å²) in [4.78, 5) is 1.87. The Bertz CT molecular complexity index is 259. The van der Waals surface area contributed by atoms with Gasteiger partial charge in [-0.3, -0.25) is 5.41 Å². The van der Waals surface area contributed by atoms with Crippen molar-refractivity contribution in [1.29, 1.82) is 5.41 Å². The Hall–Kier alpha value is -0.810. The predicted molar refractivity (Wildman–Crippen MR) is 56.8 cm³/mol. The Morgan fingerprint density at radius 2 is 2.47 bits per heavy atom. The zero-order chi connectivity index (χ0) is 10.9. The summed E-state index contributed by atoms with van der Waals surface area (Å²) < 4.78 is 11.3. The van der Waals surface area contributed by atoms with Gasteiger partial charge in [0.15, 0.2) is 5.96 Å². The number of nitrogens with zero attached hydrogens (tertiary/aromatic N) is 1. The summed E-state index contributed by atoms with van der Waals surface area (Å²) in [6.45, 7) is 2.32. The first-order valence-electron chi connectivity index (χ1n) is 5.41. The van der Waals surface area contributed by atoms with E-state index in [1.165, 1.54) is 0 Å². The number of hydrogen-bond donors (Lipinski definition) is 2. The largest absolute Gasteiger partial charge is 0.381 e. The molecule has 2 atom stereocenters. The van der Waals surface area contributed by atoms with Crippen LogP contribution >= 0.6 is 0 Å². The maximum Gasteiger partial charge on any atom is 0.188 e. The molecule has 0 saturated carbocycles. The Morgan fingerprint density at radius 3 is 3.07 bits per heavy atom. The van der Waals surface area contributed by atoms with Crippen LogP contribution in [0.5, 0.6) is 0 Å². The Balaban J connectivity index is 1.99. The molecule has 2 aliphatic heterocycles. The van der Waals surface area contributed by atoms with Gasteiger partial charge in [0.25, 0.3) is 0 Å². The maximum absolute atomic E-state index is 7.41. The lowest BCUT2D eigenvalue weighted by atomic mass is 9.91. The van der Waals surface area contributed by atoms with Crippen LogP contribution in [-0.4, -0.2) is 49.4 Å². The van der Waals surface area contributed by atoms with Crippen molar-refractivity contribution in [3.05, 3.63) is 0 Å². The number of ether oxygens (including phenoxy) is 2. The van der Waals surface area contributed by atoms with Gasteiger partial charge in [-0.15, -0.1) is 0 Å². The minimum atomic E-state index is -0.120. The molecule has 0 radical (unpaired) electrons. The lowest BCUT2D eigenvalue weighted by Crippen LogP contribution is -2.46. The highest BCUT2D eigenvalue weighted by molar-refractivity contribution is 5.75. The van der Waals surface area contributed by atoms with Gasteiger partial charge in [-0.2, -0.15) is 0 Å². The molecular weight excluding hydrogens is 194 g/mol. The summed E-state index contributed by atoms with van der Waals surface area (Å²) in [7, 11) is 1.75. The van der Waals surface area contributed by atoms with E-state index in [0.717, 1.165) is 39.0 Å². The van der Waals surface area contributed by atoms with Crippen LogP contribution in [-0.2, 0) is 9.47 Å². The fraction of sp³-hybridized carbons (Fsp3) is 0.900. The summed E-state index contributed by atoms with van der Waals surface area (Å²) in [5.74, 6) is 0.148. The molecule has 0 amide bonds. The molecule has 2 fully saturated rings. The third-order valence-electron chi connectivity index (χ3n) is 3.44. The molecule has 2 heterocycles. The number of nitrogens with one attached hydrogen (secondary N) is 1. The van der Waals surface area contributed by atoms with Crippen LogP contribution in [0.4, 0.5) is 0 Å². The molecular formula is C10H19N3O2. The van der Waals surface area contributed by atoms with Crippen molar-refractivity contribution in [3.8, 4) is 0 Å². The third-order valence-corrected chi connectivity index (χ3v) is 3.44. The number of hydrogen-bond acceptors (Lipinski definition) is 3. The molecule has 5 nitrogen and oxygen atoms in total. The van der Waals surface area contributed by atoms with E-state index in [0.29, 0.717) is 6.10 Å². The van der Waals surface area contributed by atoms with E-state index in [4.69, 9.17) is 20.6 Å². The Morgan fingerprint density at radius 1 is 1.67 bits per heavy atom. The van der Waals surface area contributed by atoms with Gasteiger partial charge >= 0.3 is 0 Å². The first-order valence-corrected chi connectivity index (χ1v) is 5.41. The zero-order valence-electron chi connectivity index (χ0n) is 9.16. The summed E-state index contributed by atoms with van der Waals surface area (Å²) in [6, 6.07) is 0. The van der Waals surface area contributed by atoms with Crippen molar-refractivity contribution in [2.24, 2.45) is 5.73 Å². The van der Waals surface area contributed by atoms with Crippen molar-refractivity contribution in [1.82, 2.24) is 4.90 Å². The molecule has 0 aromatic heterocycles. The summed E-state index contributed by atoms with van der Waals surface area (Å²) >= 11 is 0. The van der Waals surface area contributed by atoms with Gasteiger partial charge in [-0.05, 0) is 12.8 Å². The highest BCUT2D eigenvalue weighted by atomic mass is 16.5. The SMILES string of the molecule is CO[C@H]1CCO[C@@]2(CCN(C(=N)N)C2)C1. The minimum Gasteiger partial charge on any atom is -0.381 e. The average Bonchev–Trinajstić information content (AvgIpc) is 2.62. The molecule has 2 aliphatic rings. The van der Waals surface area contributed by atoms with Gasteiger partial charge in [0.1, 0.15) is 0 Å². The molecule has 3 N–H and O–H groups in total. The maximum atomic E-state index is 7.41. The van der Waals surface area contributed by atoms with Crippen molar-refractivity contribution < 1.29 is 9.47 Å². The topological polar surface area (TPSA) is 71.6 Å². The van der Waals surface area contributed by atoms with Crippen LogP contribution in [0.1, 0.15) is 19.3 Å². The highest BCUT2D eigenvalue weighted by Crippen LogP contribution is 2.34. The predicted octanol–water partition coefficient (Wildman–Crippen LogP) is 0.150. The second-order valence-electron chi connectivity index (χ2n) is 4.44. The van der Waals surface area contributed by atoms with Gasteiger partial charge in [-0.1, -0.05) is 0 Å². The molecule has 0 unspecified atom stereocenters. The molecule has 0 aliphatic carbocycles. The van der Waals surface area contributed by atoms with Gasteiger partial charge in [0.2, 0.25) is 0 Å². The van der Waals surface area contributed by atoms with Crippen LogP contribution in [0.15, 0.2) is 0 Å². The number of likely N-dealkylation sites (tertiary alicyclic amines) is 1. The van der Waals surface area contributed by atoms with E-state index >= 15 is 0 Å². The van der Waals surface area contributed by atoms with Crippen molar-refractivity contribution in [2.75, 3.05) is 26.8 Å². The molecule has 2 saturated heterocycles. The van der Waals surface area contributed by atoms with E-state index in [1.54, 1.807) is 7.11 Å². The summed E-state index contributed by atoms with van der Waals surface area (Å²) in [5, 5.41) is 7.41. The van der Waals surface area contributed by atoms with Crippen molar-refractivity contribution in [3.63, 3.8) is 0 Å². The first kappa shape index (κ1) is 10.7. The van der Waals surface area contributed by atoms with Crippen molar-refractivity contribution >= 4 is 5.96 Å². The van der Waals surface area contributed by atoms with E-state index in [-0.39, 0.29) is 11.6 Å². The molecule has 5 heteroatoms. The summed E-state index contributed by atoms with van der Waals surface area (Å²) in [6.07, 6.45) is 3.14. The molecule has 0 bridgehead atoms. The summed E-state index contributed by atoms with van der Waals surface area (Å²) in [5.41, 5.74) is 5.36. The molecule has 2 rings (SSSR count). The third kappa shape index (κ3) is 2.08. The van der Waals surface area contributed by atoms with Crippen LogP contribution < -0.4 is 5.73 Å². The number of nitrogens with two attached hydrogens (primary N) is 1. The van der Waals surface area contributed by atoms with Crippen LogP contribution in [0, 0.1) is 5.41 Å². The second-order valence-corrected chi connectivity index (χ2v) is 4.44. The highest BCUT2D eigenvalue weighted by Gasteiger charge is 2.43. The fourth-order valence-corrected chi connectivity index (χ4v) is 2.52. The van der Waals surface area contributed by atoms with Crippen LogP contribution in [0.3, 0.4) is 0 Å². The van der Waals surface area contributed by atoms with Crippen LogP contribution in [0.2, 0.25) is 0 Å². The van der Waals surface area contributed by atoms with Crippen LogP contribution in [0.25, 0.3) is 0 Å². The Kier molecular flexibility index (Phi) is 2.84. The van der Waals surface area contributed by atoms with Gasteiger partial charge < -0.3 is 20.1 Å². The normalized spacial score (nSPS) is 36.1. The monoisotopic (exact) mass is 213 g/mol. The lowest BCUT2D eigenvalue weighted by Gasteiger charge is -2.37. The number of rotatable bonds is 1. The van der Waals surface area contributed by atoms with Gasteiger partial charge in [-0.25, -0.2) is 0 Å². The smallest absolute Gasteiger partial charge is 0.188 e. The molecule has 0 aromatic carbocycles. The van der Waals surface area contributed by atoms with E-state index < -0.39 is 0 Å². The standard InChI is InChI=1S/C10H19N3O2/c1-14-8-2-5-15-10(6-8)3-4-13(7-10)9(11)12/h8H,2-7H2,1H3,(H3,11,12)/t8-,10-/m0/s1. The molecule has 0 aromatic rings. The van der Waals surface area contributed by atoms with Gasteiger partial charge in [0.05, 0.1) is 11.7 Å². The number of methoxy groups -OCH3 is 1. The molecule has 1 spiro atoms. The lowest BCUT2D eigenvalue weighted by molar-refractivity contribution is -0.117. The first-order chi connectivity index (χ1) is 7.15. The molecule has 86 valence electrons. The average molecular weight is 213 g/mol. The second kappa shape index (κ2) is 3.98. The number of guanidine groups is 1. The molecule has 15 heavy (non-hydrogen) atoms. The zero-order valence-corrected chi connectivity index (χ0v) is 9.16. The Labute approximate surface area is 90.0 Å². The minimum absolute atomic E-state index is 0.120. The van der Waals surface area contributed by atoms with E-state index in [2.05, 4.69) is 0 Å². The van der Waals surface area contributed by atoms with E-state index in [9.17, 15) is 0 Å². The quantitative estimate of drug-likeness (QED) is 0.480.